The van der Waals surface area contributed by atoms with E-state index in [1.807, 2.05) is 13.8 Å². The summed E-state index contributed by atoms with van der Waals surface area (Å²) in [6, 6.07) is 0. The Hall–Kier alpha value is -0.870. The van der Waals surface area contributed by atoms with Crippen LogP contribution in [-0.2, 0) is 19.0 Å². The van der Waals surface area contributed by atoms with E-state index in [1.54, 1.807) is 13.0 Å². The van der Waals surface area contributed by atoms with E-state index in [0.29, 0.717) is 26.2 Å². The van der Waals surface area contributed by atoms with E-state index in [9.17, 15) is 4.79 Å². The number of ether oxygens (including phenoxy) is 3. The van der Waals surface area contributed by atoms with Crippen molar-refractivity contribution in [1.29, 1.82) is 0 Å². The lowest BCUT2D eigenvalue weighted by Gasteiger charge is -2.35. The van der Waals surface area contributed by atoms with Crippen molar-refractivity contribution >= 4 is 5.97 Å². The van der Waals surface area contributed by atoms with Crippen LogP contribution in [0.25, 0.3) is 0 Å². The van der Waals surface area contributed by atoms with Crippen LogP contribution >= 0.6 is 0 Å². The smallest absolute Gasteiger partial charge is 0.330 e. The van der Waals surface area contributed by atoms with E-state index in [0.717, 1.165) is 0 Å². The monoisotopic (exact) mass is 228 g/mol. The van der Waals surface area contributed by atoms with E-state index in [4.69, 9.17) is 14.2 Å². The van der Waals surface area contributed by atoms with Gasteiger partial charge in [0, 0.05) is 6.08 Å². The topological polar surface area (TPSA) is 44.8 Å². The Kier molecular flexibility index (Phi) is 4.96. The van der Waals surface area contributed by atoms with Gasteiger partial charge in [0.05, 0.1) is 31.5 Å². The molecule has 0 aromatic heterocycles. The lowest BCUT2D eigenvalue weighted by Crippen LogP contribution is -2.42. The molecule has 0 bridgehead atoms. The Morgan fingerprint density at radius 2 is 2.31 bits per heavy atom. The number of carbonyl (C=O) groups excluding carboxylic acids is 1. The summed E-state index contributed by atoms with van der Waals surface area (Å²) in [4.78, 5) is 11.0. The van der Waals surface area contributed by atoms with E-state index in [2.05, 4.69) is 0 Å². The molecule has 4 heteroatoms. The molecule has 0 N–H and O–H groups in total. The SMILES string of the molecule is CCOC(=O)/C=C/C[C@H]1COCC(C)(C)O1. The van der Waals surface area contributed by atoms with Gasteiger partial charge < -0.3 is 14.2 Å². The van der Waals surface area contributed by atoms with Gasteiger partial charge in [0.2, 0.25) is 0 Å². The highest BCUT2D eigenvalue weighted by Crippen LogP contribution is 2.20. The fourth-order valence-corrected chi connectivity index (χ4v) is 1.58. The second kappa shape index (κ2) is 6.01. The fraction of sp³-hybridized carbons (Fsp3) is 0.750. The van der Waals surface area contributed by atoms with Crippen molar-refractivity contribution in [2.45, 2.75) is 38.9 Å². The molecule has 0 unspecified atom stereocenters. The number of rotatable bonds is 4. The third-order valence-electron chi connectivity index (χ3n) is 2.18. The van der Waals surface area contributed by atoms with Crippen LogP contribution in [0.2, 0.25) is 0 Å². The van der Waals surface area contributed by atoms with Crippen LogP contribution < -0.4 is 0 Å². The quantitative estimate of drug-likeness (QED) is 0.542. The molecule has 0 saturated carbocycles. The fourth-order valence-electron chi connectivity index (χ4n) is 1.58. The van der Waals surface area contributed by atoms with Crippen LogP contribution in [0, 0.1) is 0 Å². The lowest BCUT2D eigenvalue weighted by atomic mass is 10.1. The van der Waals surface area contributed by atoms with Crippen LogP contribution in [0.15, 0.2) is 12.2 Å². The number of esters is 1. The molecule has 0 radical (unpaired) electrons. The van der Waals surface area contributed by atoms with Gasteiger partial charge in [-0.2, -0.15) is 0 Å². The maximum atomic E-state index is 11.0. The molecule has 0 aromatic rings. The molecule has 0 aliphatic carbocycles. The maximum absolute atomic E-state index is 11.0. The highest BCUT2D eigenvalue weighted by molar-refractivity contribution is 5.81. The Labute approximate surface area is 96.6 Å². The highest BCUT2D eigenvalue weighted by Gasteiger charge is 2.28. The molecule has 92 valence electrons. The molecule has 1 aliphatic heterocycles. The molecular formula is C12H20O4. The third-order valence-corrected chi connectivity index (χ3v) is 2.18. The molecule has 0 aromatic carbocycles. The molecule has 1 atom stereocenters. The summed E-state index contributed by atoms with van der Waals surface area (Å²) >= 11 is 0. The zero-order valence-electron chi connectivity index (χ0n) is 10.2. The van der Waals surface area contributed by atoms with E-state index >= 15 is 0 Å². The van der Waals surface area contributed by atoms with Crippen LogP contribution in [0.3, 0.4) is 0 Å². The zero-order valence-corrected chi connectivity index (χ0v) is 10.2. The Balaban J connectivity index is 2.29. The average Bonchev–Trinajstić information content (AvgIpc) is 2.16. The molecule has 1 aliphatic rings. The second-order valence-corrected chi connectivity index (χ2v) is 4.40. The molecule has 1 fully saturated rings. The first-order valence-corrected chi connectivity index (χ1v) is 5.62. The number of hydrogen-bond acceptors (Lipinski definition) is 4. The van der Waals surface area contributed by atoms with Crippen LogP contribution in [0.5, 0.6) is 0 Å². The number of carbonyl (C=O) groups is 1. The summed E-state index contributed by atoms with van der Waals surface area (Å²) < 4.78 is 16.0. The summed E-state index contributed by atoms with van der Waals surface area (Å²) in [7, 11) is 0. The van der Waals surface area contributed by atoms with E-state index in [-0.39, 0.29) is 17.7 Å². The predicted molar refractivity (Wildman–Crippen MR) is 60.2 cm³/mol. The zero-order chi connectivity index (χ0) is 12.0. The molecule has 16 heavy (non-hydrogen) atoms. The van der Waals surface area contributed by atoms with Gasteiger partial charge in [-0.15, -0.1) is 0 Å². The molecule has 0 amide bonds. The van der Waals surface area contributed by atoms with E-state index in [1.165, 1.54) is 6.08 Å². The molecule has 1 saturated heterocycles. The van der Waals surface area contributed by atoms with Gasteiger partial charge in [0.1, 0.15) is 0 Å². The second-order valence-electron chi connectivity index (χ2n) is 4.40. The molecular weight excluding hydrogens is 208 g/mol. The normalized spacial score (nSPS) is 24.6. The van der Waals surface area contributed by atoms with Gasteiger partial charge in [0.15, 0.2) is 0 Å². The summed E-state index contributed by atoms with van der Waals surface area (Å²) in [6.07, 6.45) is 3.90. The van der Waals surface area contributed by atoms with Crippen molar-refractivity contribution < 1.29 is 19.0 Å². The summed E-state index contributed by atoms with van der Waals surface area (Å²) in [5, 5.41) is 0. The van der Waals surface area contributed by atoms with Crippen LogP contribution in [-0.4, -0.2) is 37.5 Å². The summed E-state index contributed by atoms with van der Waals surface area (Å²) in [6.45, 7) is 7.37. The first kappa shape index (κ1) is 13.2. The Morgan fingerprint density at radius 3 is 2.94 bits per heavy atom. The first-order chi connectivity index (χ1) is 7.53. The van der Waals surface area contributed by atoms with Gasteiger partial charge in [-0.05, 0) is 27.2 Å². The van der Waals surface area contributed by atoms with Crippen LogP contribution in [0.4, 0.5) is 0 Å². The third kappa shape index (κ3) is 4.77. The molecule has 1 rings (SSSR count). The van der Waals surface area contributed by atoms with Crippen molar-refractivity contribution in [1.82, 2.24) is 0 Å². The van der Waals surface area contributed by atoms with Gasteiger partial charge in [0.25, 0.3) is 0 Å². The molecule has 0 spiro atoms. The van der Waals surface area contributed by atoms with Gasteiger partial charge in [-0.25, -0.2) is 4.79 Å². The standard InChI is InChI=1S/C12H20O4/c1-4-15-11(13)7-5-6-10-8-14-9-12(2,3)16-10/h5,7,10H,4,6,8-9H2,1-3H3/b7-5+/t10-/m0/s1. The molecule has 4 nitrogen and oxygen atoms in total. The summed E-state index contributed by atoms with van der Waals surface area (Å²) in [5.74, 6) is -0.307. The minimum Gasteiger partial charge on any atom is -0.463 e. The van der Waals surface area contributed by atoms with Gasteiger partial charge >= 0.3 is 5.97 Å². The van der Waals surface area contributed by atoms with Crippen LogP contribution in [0.1, 0.15) is 27.2 Å². The molecule has 1 heterocycles. The van der Waals surface area contributed by atoms with Crippen molar-refractivity contribution in [2.24, 2.45) is 0 Å². The van der Waals surface area contributed by atoms with Crippen molar-refractivity contribution in [2.75, 3.05) is 19.8 Å². The van der Waals surface area contributed by atoms with Crippen molar-refractivity contribution in [3.05, 3.63) is 12.2 Å². The Morgan fingerprint density at radius 1 is 1.56 bits per heavy atom. The highest BCUT2D eigenvalue weighted by atomic mass is 16.6. The maximum Gasteiger partial charge on any atom is 0.330 e. The first-order valence-electron chi connectivity index (χ1n) is 5.62. The summed E-state index contributed by atoms with van der Waals surface area (Å²) in [5.41, 5.74) is -0.235. The minimum absolute atomic E-state index is 0.0226. The average molecular weight is 228 g/mol. The minimum atomic E-state index is -0.307. The lowest BCUT2D eigenvalue weighted by molar-refractivity contribution is -0.180. The van der Waals surface area contributed by atoms with E-state index < -0.39 is 0 Å². The van der Waals surface area contributed by atoms with Crippen molar-refractivity contribution in [3.63, 3.8) is 0 Å². The predicted octanol–water partition coefficient (Wildman–Crippen LogP) is 1.69. The Bertz CT molecular complexity index is 258. The van der Waals surface area contributed by atoms with Crippen molar-refractivity contribution in [3.8, 4) is 0 Å². The largest absolute Gasteiger partial charge is 0.463 e. The van der Waals surface area contributed by atoms with Gasteiger partial charge in [-0.1, -0.05) is 6.08 Å². The van der Waals surface area contributed by atoms with Gasteiger partial charge in [-0.3, -0.25) is 0 Å². The number of hydrogen-bond donors (Lipinski definition) is 0.